The molecule has 0 unspecified atom stereocenters. The number of nitro groups is 2. The quantitative estimate of drug-likeness (QED) is 0.0861. The van der Waals surface area contributed by atoms with Crippen LogP contribution in [-0.2, 0) is 13.1 Å². The second-order valence-electron chi connectivity index (χ2n) is 7.43. The smallest absolute Gasteiger partial charge is 0.283 e. The van der Waals surface area contributed by atoms with Crippen LogP contribution in [-0.4, -0.2) is 34.4 Å². The van der Waals surface area contributed by atoms with E-state index in [1.165, 1.54) is 44.8 Å². The summed E-state index contributed by atoms with van der Waals surface area (Å²) in [6, 6.07) is 22.0. The molecule has 3 rings (SSSR count). The van der Waals surface area contributed by atoms with Gasteiger partial charge in [-0.15, -0.1) is 0 Å². The van der Waals surface area contributed by atoms with E-state index in [0.717, 1.165) is 37.7 Å². The van der Waals surface area contributed by atoms with Gasteiger partial charge in [-0.05, 0) is 23.3 Å². The lowest BCUT2D eigenvalue weighted by Crippen LogP contribution is -2.18. The predicted molar refractivity (Wildman–Crippen MR) is 153 cm³/mol. The van der Waals surface area contributed by atoms with Crippen molar-refractivity contribution < 1.29 is 9.85 Å². The van der Waals surface area contributed by atoms with Gasteiger partial charge in [0.25, 0.3) is 11.4 Å². The zero-order chi connectivity index (χ0) is 25.6. The minimum Gasteiger partial charge on any atom is -0.312 e. The molecule has 0 spiro atoms. The third kappa shape index (κ3) is 9.68. The molecule has 0 aromatic heterocycles. The van der Waals surface area contributed by atoms with Gasteiger partial charge in [0, 0.05) is 49.8 Å². The van der Waals surface area contributed by atoms with Gasteiger partial charge < -0.3 is 10.6 Å². The van der Waals surface area contributed by atoms with Crippen LogP contribution in [0, 0.1) is 20.2 Å². The Labute approximate surface area is 225 Å². The highest BCUT2D eigenvalue weighted by Gasteiger charge is 2.13. The Morgan fingerprint density at radius 2 is 1.08 bits per heavy atom. The Morgan fingerprint density at radius 3 is 1.53 bits per heavy atom. The Hall–Kier alpha value is -2.22. The number of rotatable bonds is 16. The van der Waals surface area contributed by atoms with Crippen molar-refractivity contribution in [3.63, 3.8) is 0 Å². The molecule has 3 aromatic rings. The molecule has 0 aliphatic rings. The van der Waals surface area contributed by atoms with E-state index in [-0.39, 0.29) is 21.2 Å². The minimum atomic E-state index is -0.348. The molecular weight excluding hydrogens is 537 g/mol. The molecule has 0 fully saturated rings. The summed E-state index contributed by atoms with van der Waals surface area (Å²) in [5.74, 6) is 1.67. The van der Waals surface area contributed by atoms with E-state index in [2.05, 4.69) is 28.8 Å². The molecule has 0 bridgehead atoms. The van der Waals surface area contributed by atoms with Crippen molar-refractivity contribution in [2.45, 2.75) is 22.9 Å². The number of hydrogen-bond donors (Lipinski definition) is 2. The number of nitro benzene ring substituents is 2. The zero-order valence-corrected chi connectivity index (χ0v) is 22.6. The van der Waals surface area contributed by atoms with Crippen LogP contribution in [0.1, 0.15) is 11.1 Å². The predicted octanol–water partition coefficient (Wildman–Crippen LogP) is 6.56. The molecule has 0 aliphatic heterocycles. The molecule has 0 aliphatic carbocycles. The van der Waals surface area contributed by atoms with Gasteiger partial charge in [-0.25, -0.2) is 0 Å². The van der Waals surface area contributed by atoms with Crippen molar-refractivity contribution in [3.05, 3.63) is 104 Å². The first-order valence-electron chi connectivity index (χ1n) is 11.1. The SMILES string of the molecule is O=[N+]([O-])c1ccccc1SSCCNCc1cccc(CNCCSSc2ccccc2[N+](=O)[O-])c1. The normalized spacial score (nSPS) is 10.9. The fourth-order valence-electron chi connectivity index (χ4n) is 3.11. The molecule has 8 nitrogen and oxygen atoms in total. The molecule has 12 heteroatoms. The standard InChI is InChI=1S/C24H26N4O4S4/c29-27(30)21-8-1-3-10-23(21)35-33-14-12-25-17-19-6-5-7-20(16-19)18-26-13-15-34-36-24-11-4-2-9-22(24)28(31)32/h1-11,16,25-26H,12-15,17-18H2. The third-order valence-corrected chi connectivity index (χ3v) is 9.61. The first-order valence-corrected chi connectivity index (χ1v) is 15.7. The van der Waals surface area contributed by atoms with Crippen LogP contribution in [0.3, 0.4) is 0 Å². The van der Waals surface area contributed by atoms with E-state index >= 15 is 0 Å². The van der Waals surface area contributed by atoms with Gasteiger partial charge in [0.05, 0.1) is 19.6 Å². The van der Waals surface area contributed by atoms with Crippen LogP contribution in [0.15, 0.2) is 82.6 Å². The van der Waals surface area contributed by atoms with Crippen molar-refractivity contribution in [1.29, 1.82) is 0 Å². The van der Waals surface area contributed by atoms with Crippen molar-refractivity contribution in [1.82, 2.24) is 10.6 Å². The molecule has 0 atom stereocenters. The second kappa shape index (κ2) is 15.8. The lowest BCUT2D eigenvalue weighted by atomic mass is 10.1. The van der Waals surface area contributed by atoms with E-state index in [0.29, 0.717) is 9.79 Å². The van der Waals surface area contributed by atoms with Gasteiger partial charge in [-0.2, -0.15) is 0 Å². The summed E-state index contributed by atoms with van der Waals surface area (Å²) in [6.07, 6.45) is 0. The van der Waals surface area contributed by atoms with Crippen LogP contribution < -0.4 is 10.6 Å². The summed E-state index contributed by atoms with van der Waals surface area (Å²) < 4.78 is 0. The lowest BCUT2D eigenvalue weighted by Gasteiger charge is -2.08. The Kier molecular flexibility index (Phi) is 12.4. The topological polar surface area (TPSA) is 110 Å². The van der Waals surface area contributed by atoms with Gasteiger partial charge in [-0.1, -0.05) is 91.7 Å². The van der Waals surface area contributed by atoms with Crippen LogP contribution in [0.2, 0.25) is 0 Å². The van der Waals surface area contributed by atoms with E-state index < -0.39 is 0 Å². The molecule has 2 N–H and O–H groups in total. The number of hydrogen-bond acceptors (Lipinski definition) is 10. The molecule has 0 amide bonds. The van der Waals surface area contributed by atoms with Crippen molar-refractivity contribution >= 4 is 54.6 Å². The Morgan fingerprint density at radius 1 is 0.639 bits per heavy atom. The highest BCUT2D eigenvalue weighted by atomic mass is 33.1. The highest BCUT2D eigenvalue weighted by molar-refractivity contribution is 8.77. The summed E-state index contributed by atoms with van der Waals surface area (Å²) in [4.78, 5) is 22.8. The van der Waals surface area contributed by atoms with E-state index in [4.69, 9.17) is 0 Å². The van der Waals surface area contributed by atoms with Gasteiger partial charge in [-0.3, -0.25) is 20.2 Å². The highest BCUT2D eigenvalue weighted by Crippen LogP contribution is 2.37. The Balaban J connectivity index is 1.29. The number of nitrogens with one attached hydrogen (secondary N) is 2. The Bertz CT molecular complexity index is 1070. The van der Waals surface area contributed by atoms with Gasteiger partial charge in [0.1, 0.15) is 0 Å². The molecule has 3 aromatic carbocycles. The third-order valence-electron chi connectivity index (χ3n) is 4.80. The summed E-state index contributed by atoms with van der Waals surface area (Å²) in [7, 11) is 6.06. The molecule has 0 radical (unpaired) electrons. The molecule has 190 valence electrons. The molecular formula is C24H26N4O4S4. The summed E-state index contributed by atoms with van der Waals surface area (Å²) in [5.41, 5.74) is 2.69. The summed E-state index contributed by atoms with van der Waals surface area (Å²) >= 11 is 0. The van der Waals surface area contributed by atoms with Crippen molar-refractivity contribution in [3.8, 4) is 0 Å². The first kappa shape index (κ1) is 28.4. The van der Waals surface area contributed by atoms with Crippen LogP contribution >= 0.6 is 43.2 Å². The lowest BCUT2D eigenvalue weighted by molar-refractivity contribution is -0.387. The minimum absolute atomic E-state index is 0.144. The largest absolute Gasteiger partial charge is 0.312 e. The fourth-order valence-corrected chi connectivity index (χ4v) is 7.32. The second-order valence-corrected chi connectivity index (χ2v) is 12.3. The van der Waals surface area contributed by atoms with Crippen LogP contribution in [0.5, 0.6) is 0 Å². The van der Waals surface area contributed by atoms with Crippen LogP contribution in [0.25, 0.3) is 0 Å². The van der Waals surface area contributed by atoms with Crippen LogP contribution in [0.4, 0.5) is 11.4 Å². The van der Waals surface area contributed by atoms with Gasteiger partial charge in [0.15, 0.2) is 0 Å². The average molecular weight is 563 g/mol. The summed E-state index contributed by atoms with van der Waals surface area (Å²) in [5, 5.41) is 29.0. The van der Waals surface area contributed by atoms with E-state index in [9.17, 15) is 20.2 Å². The number of benzene rings is 3. The molecule has 0 saturated carbocycles. The van der Waals surface area contributed by atoms with Crippen molar-refractivity contribution in [2.24, 2.45) is 0 Å². The maximum atomic E-state index is 11.1. The van der Waals surface area contributed by atoms with E-state index in [1.807, 2.05) is 18.2 Å². The zero-order valence-electron chi connectivity index (χ0n) is 19.3. The van der Waals surface area contributed by atoms with E-state index in [1.54, 1.807) is 45.9 Å². The molecule has 0 heterocycles. The fraction of sp³-hybridized carbons (Fsp3) is 0.250. The average Bonchev–Trinajstić information content (AvgIpc) is 2.88. The molecule has 0 saturated heterocycles. The maximum Gasteiger partial charge on any atom is 0.283 e. The monoisotopic (exact) mass is 562 g/mol. The van der Waals surface area contributed by atoms with Crippen molar-refractivity contribution in [2.75, 3.05) is 24.6 Å². The van der Waals surface area contributed by atoms with Gasteiger partial charge in [0.2, 0.25) is 0 Å². The maximum absolute atomic E-state index is 11.1. The summed E-state index contributed by atoms with van der Waals surface area (Å²) in [6.45, 7) is 3.12. The number of para-hydroxylation sites is 2. The number of nitrogens with zero attached hydrogens (tertiary/aromatic N) is 2. The first-order chi connectivity index (χ1) is 17.5. The molecule has 36 heavy (non-hydrogen) atoms. The van der Waals surface area contributed by atoms with Gasteiger partial charge >= 0.3 is 0 Å².